The molecule has 0 unspecified atom stereocenters. The van der Waals surface area contributed by atoms with Crippen molar-refractivity contribution >= 4 is 22.6 Å². The van der Waals surface area contributed by atoms with Crippen molar-refractivity contribution < 1.29 is 14.6 Å². The average Bonchev–Trinajstić information content (AvgIpc) is 2.88. The third-order valence-electron chi connectivity index (χ3n) is 6.93. The summed E-state index contributed by atoms with van der Waals surface area (Å²) in [6.45, 7) is 10.3. The number of anilines is 1. The molecule has 35 heavy (non-hydrogen) atoms. The Labute approximate surface area is 208 Å². The highest BCUT2D eigenvalue weighted by Crippen LogP contribution is 2.39. The van der Waals surface area contributed by atoms with Gasteiger partial charge in [0.25, 0.3) is 0 Å². The highest BCUT2D eigenvalue weighted by molar-refractivity contribution is 6.03. The summed E-state index contributed by atoms with van der Waals surface area (Å²) in [6, 6.07) is 20.5. The number of ether oxygens (including phenoxy) is 1. The molecule has 0 aromatic heterocycles. The summed E-state index contributed by atoms with van der Waals surface area (Å²) >= 11 is 0. The fourth-order valence-electron chi connectivity index (χ4n) is 5.01. The van der Waals surface area contributed by atoms with Gasteiger partial charge in [-0.2, -0.15) is 0 Å². The Morgan fingerprint density at radius 1 is 0.857 bits per heavy atom. The molecule has 182 valence electrons. The minimum Gasteiger partial charge on any atom is -0.456 e. The molecule has 1 aliphatic heterocycles. The van der Waals surface area contributed by atoms with Crippen LogP contribution in [0.3, 0.4) is 0 Å². The number of hydrogen-bond acceptors (Lipinski definition) is 4. The minimum absolute atomic E-state index is 0.0610. The zero-order chi connectivity index (χ0) is 24.9. The van der Waals surface area contributed by atoms with E-state index in [1.165, 1.54) is 10.8 Å². The molecule has 0 radical (unpaired) electrons. The molecule has 4 nitrogen and oxygen atoms in total. The third kappa shape index (κ3) is 4.76. The minimum atomic E-state index is -0.165. The lowest BCUT2D eigenvalue weighted by atomic mass is 9.88. The van der Waals surface area contributed by atoms with E-state index in [9.17, 15) is 9.90 Å². The molecule has 0 bridgehead atoms. The number of rotatable bonds is 9. The van der Waals surface area contributed by atoms with Crippen LogP contribution in [0, 0.1) is 0 Å². The molecule has 4 heteroatoms. The summed E-state index contributed by atoms with van der Waals surface area (Å²) in [5.41, 5.74) is 5.97. The maximum Gasteiger partial charge on any atom is 0.165 e. The lowest BCUT2D eigenvalue weighted by molar-refractivity contribution is 0.0956. The Hall–Kier alpha value is -3.37. The number of ketones is 1. The molecule has 3 aromatic carbocycles. The Kier molecular flexibility index (Phi) is 7.72. The largest absolute Gasteiger partial charge is 0.456 e. The van der Waals surface area contributed by atoms with Crippen molar-refractivity contribution in [2.75, 3.05) is 24.6 Å². The zero-order valence-corrected chi connectivity index (χ0v) is 21.2. The third-order valence-corrected chi connectivity index (χ3v) is 6.93. The van der Waals surface area contributed by atoms with Gasteiger partial charge in [0.05, 0.1) is 6.61 Å². The number of hydrogen-bond donors (Lipinski definition) is 1. The first-order valence-electron chi connectivity index (χ1n) is 12.7. The van der Waals surface area contributed by atoms with E-state index in [1.807, 2.05) is 24.3 Å². The van der Waals surface area contributed by atoms with Gasteiger partial charge in [-0.1, -0.05) is 49.8 Å². The first kappa shape index (κ1) is 24.7. The van der Waals surface area contributed by atoms with Crippen molar-refractivity contribution in [1.29, 1.82) is 0 Å². The quantitative estimate of drug-likeness (QED) is 0.333. The molecule has 1 heterocycles. The number of carbonyl (C=O) groups excluding carboxylic acids is 1. The van der Waals surface area contributed by atoms with Gasteiger partial charge in [0.1, 0.15) is 11.5 Å². The molecule has 0 saturated heterocycles. The van der Waals surface area contributed by atoms with E-state index in [1.54, 1.807) is 0 Å². The van der Waals surface area contributed by atoms with E-state index in [4.69, 9.17) is 4.74 Å². The van der Waals surface area contributed by atoms with Crippen LogP contribution in [-0.4, -0.2) is 30.6 Å². The van der Waals surface area contributed by atoms with Gasteiger partial charge in [0.2, 0.25) is 0 Å². The highest BCUT2D eigenvalue weighted by Gasteiger charge is 2.24. The summed E-state index contributed by atoms with van der Waals surface area (Å²) in [4.78, 5) is 15.3. The normalized spacial score (nSPS) is 12.0. The Bertz CT molecular complexity index is 1350. The Morgan fingerprint density at radius 3 is 2.29 bits per heavy atom. The van der Waals surface area contributed by atoms with Crippen LogP contribution in [0.4, 0.5) is 5.69 Å². The second kappa shape index (κ2) is 10.9. The van der Waals surface area contributed by atoms with E-state index in [0.29, 0.717) is 5.56 Å². The molecule has 0 atom stereocenters. The van der Waals surface area contributed by atoms with Gasteiger partial charge in [0, 0.05) is 53.2 Å². The summed E-state index contributed by atoms with van der Waals surface area (Å²) in [7, 11) is 0. The van der Waals surface area contributed by atoms with Gasteiger partial charge in [-0.25, -0.2) is 0 Å². The zero-order valence-electron chi connectivity index (χ0n) is 21.2. The van der Waals surface area contributed by atoms with E-state index in [-0.39, 0.29) is 18.8 Å². The van der Waals surface area contributed by atoms with Gasteiger partial charge in [-0.3, -0.25) is 4.79 Å². The van der Waals surface area contributed by atoms with Crippen LogP contribution in [0.25, 0.3) is 11.1 Å². The molecule has 0 aliphatic carbocycles. The van der Waals surface area contributed by atoms with Crippen molar-refractivity contribution in [1.82, 2.24) is 0 Å². The predicted molar refractivity (Wildman–Crippen MR) is 144 cm³/mol. The molecule has 0 amide bonds. The van der Waals surface area contributed by atoms with Crippen molar-refractivity contribution in [3.63, 3.8) is 0 Å². The van der Waals surface area contributed by atoms with Crippen molar-refractivity contribution in [2.24, 2.45) is 0 Å². The molecular weight excluding hydrogens is 434 g/mol. The number of Topliss-reactive ketones (excluding diaryl/α,β-unsaturated/α-hetero) is 1. The fourth-order valence-corrected chi connectivity index (χ4v) is 5.01. The van der Waals surface area contributed by atoms with Crippen LogP contribution < -0.4 is 20.1 Å². The maximum absolute atomic E-state index is 13.0. The predicted octanol–water partition coefficient (Wildman–Crippen LogP) is 5.42. The fraction of sp³-hybridized carbons (Fsp3) is 0.323. The summed E-state index contributed by atoms with van der Waals surface area (Å²) in [5, 5.41) is 11.6. The number of benzene rings is 3. The highest BCUT2D eigenvalue weighted by atomic mass is 16.5. The van der Waals surface area contributed by atoms with Crippen molar-refractivity contribution in [3.8, 4) is 11.5 Å². The van der Waals surface area contributed by atoms with Crippen LogP contribution in [0.5, 0.6) is 11.5 Å². The van der Waals surface area contributed by atoms with Crippen molar-refractivity contribution in [2.45, 2.75) is 47.0 Å². The SMILES string of the molecule is CCC(CC)=c1ccc2c(c1)Oc1cc(N(CC)CC)ccc1C=2c1ccccc1C(=O)CCO. The molecule has 3 aromatic rings. The number of aliphatic hydroxyl groups is 1. The lowest BCUT2D eigenvalue weighted by Gasteiger charge is -2.26. The molecule has 1 aliphatic rings. The lowest BCUT2D eigenvalue weighted by Crippen LogP contribution is -2.24. The maximum atomic E-state index is 13.0. The Balaban J connectivity index is 2.04. The van der Waals surface area contributed by atoms with Gasteiger partial charge < -0.3 is 14.7 Å². The summed E-state index contributed by atoms with van der Waals surface area (Å²) in [5.74, 6) is 1.55. The number of fused-ring (bicyclic) bond motifs is 2. The molecule has 0 saturated carbocycles. The number of nitrogens with zero attached hydrogens (tertiary/aromatic N) is 1. The Morgan fingerprint density at radius 2 is 1.60 bits per heavy atom. The van der Waals surface area contributed by atoms with Crippen LogP contribution in [0.1, 0.15) is 68.4 Å². The molecule has 1 N–H and O–H groups in total. The standard InChI is InChI=1S/C31H35NO3/c1-5-21(6-2)22-13-15-26-29(19-22)35-30-20-23(32(7-3)8-4)14-16-27(30)31(26)25-12-10-9-11-24(25)28(34)17-18-33/h9-16,19-20,33H,5-8,17-18H2,1-4H3. The van der Waals surface area contributed by atoms with Gasteiger partial charge in [0.15, 0.2) is 5.78 Å². The van der Waals surface area contributed by atoms with Crippen LogP contribution in [0.2, 0.25) is 0 Å². The van der Waals surface area contributed by atoms with Crippen LogP contribution >= 0.6 is 0 Å². The first-order chi connectivity index (χ1) is 17.1. The monoisotopic (exact) mass is 469 g/mol. The molecule has 4 rings (SSSR count). The van der Waals surface area contributed by atoms with Gasteiger partial charge in [-0.05, 0) is 61.7 Å². The van der Waals surface area contributed by atoms with E-state index < -0.39 is 0 Å². The van der Waals surface area contributed by atoms with Gasteiger partial charge >= 0.3 is 0 Å². The smallest absolute Gasteiger partial charge is 0.165 e. The summed E-state index contributed by atoms with van der Waals surface area (Å²) in [6.07, 6.45) is 2.09. The first-order valence-corrected chi connectivity index (χ1v) is 12.7. The van der Waals surface area contributed by atoms with Crippen LogP contribution in [0.15, 0.2) is 60.7 Å². The van der Waals surface area contributed by atoms with Gasteiger partial charge in [-0.15, -0.1) is 0 Å². The average molecular weight is 470 g/mol. The topological polar surface area (TPSA) is 49.8 Å². The second-order valence-electron chi connectivity index (χ2n) is 8.79. The van der Waals surface area contributed by atoms with E-state index in [0.717, 1.165) is 65.0 Å². The number of carbonyl (C=O) groups is 1. The molecule has 0 fully saturated rings. The summed E-state index contributed by atoms with van der Waals surface area (Å²) < 4.78 is 6.55. The van der Waals surface area contributed by atoms with Crippen molar-refractivity contribution in [3.05, 3.63) is 87.8 Å². The second-order valence-corrected chi connectivity index (χ2v) is 8.79. The number of aliphatic hydroxyl groups excluding tert-OH is 1. The van der Waals surface area contributed by atoms with E-state index >= 15 is 0 Å². The van der Waals surface area contributed by atoms with E-state index in [2.05, 4.69) is 69.0 Å². The molecular formula is C31H35NO3. The molecule has 0 spiro atoms. The van der Waals surface area contributed by atoms with Crippen LogP contribution in [-0.2, 0) is 0 Å².